The summed E-state index contributed by atoms with van der Waals surface area (Å²) in [7, 11) is 2.96. The van der Waals surface area contributed by atoms with Crippen molar-refractivity contribution >= 4 is 39.0 Å². The molecule has 0 unspecified atom stereocenters. The van der Waals surface area contributed by atoms with E-state index in [4.69, 9.17) is 10.5 Å². The Morgan fingerprint density at radius 1 is 1.18 bits per heavy atom. The maximum Gasteiger partial charge on any atom is 0.331 e. The third kappa shape index (κ3) is 3.83. The van der Waals surface area contributed by atoms with Crippen molar-refractivity contribution in [1.82, 2.24) is 4.90 Å². The number of amides is 3. The van der Waals surface area contributed by atoms with Crippen molar-refractivity contribution in [1.29, 1.82) is 0 Å². The summed E-state index contributed by atoms with van der Waals surface area (Å²) in [6.45, 7) is -0.0784. The number of carbonyl (C=O) groups is 2. The van der Waals surface area contributed by atoms with E-state index < -0.39 is 11.9 Å². The number of nitrogens with zero attached hydrogens (tertiary/aromatic N) is 2. The highest BCUT2D eigenvalue weighted by Gasteiger charge is 2.26. The Hall–Kier alpha value is -2.97. The largest absolute Gasteiger partial charge is 0.497 e. The SMILES string of the molecule is COc1ccc(CN(C(=O)N(C)C(=O)CN)c2csc3c(F)cccc23)cc1. The first-order valence-electron chi connectivity index (χ1n) is 8.53. The van der Waals surface area contributed by atoms with Crippen LogP contribution in [0, 0.1) is 5.82 Å². The summed E-state index contributed by atoms with van der Waals surface area (Å²) in [4.78, 5) is 27.5. The molecule has 0 spiro atoms. The van der Waals surface area contributed by atoms with Gasteiger partial charge in [0, 0.05) is 17.8 Å². The third-order valence-corrected chi connectivity index (χ3v) is 5.38. The van der Waals surface area contributed by atoms with E-state index in [0.717, 1.165) is 10.5 Å². The number of likely N-dealkylation sites (N-methyl/N-ethyl adjacent to an activating group) is 1. The zero-order valence-electron chi connectivity index (χ0n) is 15.5. The molecule has 0 aliphatic carbocycles. The molecule has 6 nitrogen and oxygen atoms in total. The number of halogens is 1. The van der Waals surface area contributed by atoms with Crippen LogP contribution in [0.15, 0.2) is 47.8 Å². The molecule has 0 aliphatic rings. The van der Waals surface area contributed by atoms with E-state index in [1.165, 1.54) is 29.4 Å². The van der Waals surface area contributed by atoms with Crippen LogP contribution in [0.3, 0.4) is 0 Å². The number of imide groups is 1. The summed E-state index contributed by atoms with van der Waals surface area (Å²) < 4.78 is 19.7. The van der Waals surface area contributed by atoms with Crippen LogP contribution in [0.25, 0.3) is 10.1 Å². The number of benzene rings is 2. The zero-order chi connectivity index (χ0) is 20.3. The summed E-state index contributed by atoms with van der Waals surface area (Å²) in [6, 6.07) is 11.4. The molecule has 146 valence electrons. The lowest BCUT2D eigenvalue weighted by molar-refractivity contribution is -0.125. The van der Waals surface area contributed by atoms with Gasteiger partial charge < -0.3 is 10.5 Å². The molecule has 2 aromatic carbocycles. The van der Waals surface area contributed by atoms with E-state index in [9.17, 15) is 14.0 Å². The summed E-state index contributed by atoms with van der Waals surface area (Å²) in [5.74, 6) is -0.160. The number of fused-ring (bicyclic) bond motifs is 1. The molecule has 0 saturated carbocycles. The summed E-state index contributed by atoms with van der Waals surface area (Å²) in [5, 5.41) is 2.33. The lowest BCUT2D eigenvalue weighted by Crippen LogP contribution is -2.46. The van der Waals surface area contributed by atoms with Crippen molar-refractivity contribution in [3.63, 3.8) is 0 Å². The van der Waals surface area contributed by atoms with Crippen LogP contribution in [-0.4, -0.2) is 37.5 Å². The Labute approximate surface area is 165 Å². The molecule has 0 fully saturated rings. The molecule has 0 saturated heterocycles. The molecule has 8 heteroatoms. The van der Waals surface area contributed by atoms with Gasteiger partial charge in [0.25, 0.3) is 0 Å². The maximum atomic E-state index is 14.1. The molecule has 0 radical (unpaired) electrons. The Kier molecular flexibility index (Phi) is 5.91. The Morgan fingerprint density at radius 2 is 1.89 bits per heavy atom. The molecule has 1 heterocycles. The highest BCUT2D eigenvalue weighted by molar-refractivity contribution is 7.17. The van der Waals surface area contributed by atoms with E-state index in [-0.39, 0.29) is 18.9 Å². The number of ether oxygens (including phenoxy) is 1. The van der Waals surface area contributed by atoms with Crippen molar-refractivity contribution in [2.75, 3.05) is 25.6 Å². The van der Waals surface area contributed by atoms with E-state index in [0.29, 0.717) is 21.5 Å². The summed E-state index contributed by atoms with van der Waals surface area (Å²) >= 11 is 1.21. The van der Waals surface area contributed by atoms with Gasteiger partial charge in [-0.1, -0.05) is 24.3 Å². The lowest BCUT2D eigenvalue weighted by Gasteiger charge is -2.27. The maximum absolute atomic E-state index is 14.1. The van der Waals surface area contributed by atoms with Crippen LogP contribution in [0.5, 0.6) is 5.75 Å². The summed E-state index contributed by atoms with van der Waals surface area (Å²) in [6.07, 6.45) is 0. The molecule has 2 N–H and O–H groups in total. The van der Waals surface area contributed by atoms with Crippen LogP contribution in [-0.2, 0) is 11.3 Å². The minimum absolute atomic E-state index is 0.202. The molecular weight excluding hydrogens is 381 g/mol. The second-order valence-corrected chi connectivity index (χ2v) is 6.99. The fraction of sp³-hybridized carbons (Fsp3) is 0.200. The second kappa shape index (κ2) is 8.37. The van der Waals surface area contributed by atoms with Crippen LogP contribution < -0.4 is 15.4 Å². The third-order valence-electron chi connectivity index (χ3n) is 4.39. The molecule has 28 heavy (non-hydrogen) atoms. The second-order valence-electron chi connectivity index (χ2n) is 6.11. The van der Waals surface area contributed by atoms with Gasteiger partial charge in [-0.2, -0.15) is 0 Å². The number of carbonyl (C=O) groups excluding carboxylic acids is 2. The Bertz CT molecular complexity index is 1000. The normalized spacial score (nSPS) is 10.7. The van der Waals surface area contributed by atoms with Gasteiger partial charge in [0.05, 0.1) is 30.6 Å². The minimum atomic E-state index is -0.532. The van der Waals surface area contributed by atoms with Gasteiger partial charge in [0.2, 0.25) is 5.91 Å². The highest BCUT2D eigenvalue weighted by Crippen LogP contribution is 2.36. The van der Waals surface area contributed by atoms with Gasteiger partial charge in [-0.25, -0.2) is 9.18 Å². The molecule has 3 aromatic rings. The Balaban J connectivity index is 2.03. The van der Waals surface area contributed by atoms with Crippen molar-refractivity contribution in [3.05, 3.63) is 59.2 Å². The van der Waals surface area contributed by atoms with Crippen LogP contribution in [0.2, 0.25) is 0 Å². The highest BCUT2D eigenvalue weighted by atomic mass is 32.1. The van der Waals surface area contributed by atoms with Crippen LogP contribution in [0.4, 0.5) is 14.9 Å². The topological polar surface area (TPSA) is 75.9 Å². The first kappa shape index (κ1) is 19.8. The van der Waals surface area contributed by atoms with Crippen molar-refractivity contribution < 1.29 is 18.7 Å². The first-order chi connectivity index (χ1) is 13.5. The van der Waals surface area contributed by atoms with Gasteiger partial charge in [0.1, 0.15) is 11.6 Å². The van der Waals surface area contributed by atoms with Crippen LogP contribution in [0.1, 0.15) is 5.56 Å². The number of hydrogen-bond acceptors (Lipinski definition) is 5. The molecule has 0 aliphatic heterocycles. The van der Waals surface area contributed by atoms with Crippen molar-refractivity contribution in [2.45, 2.75) is 6.54 Å². The molecular formula is C20H20FN3O3S. The van der Waals surface area contributed by atoms with Gasteiger partial charge >= 0.3 is 6.03 Å². The molecule has 0 bridgehead atoms. The van der Waals surface area contributed by atoms with E-state index in [2.05, 4.69) is 0 Å². The molecule has 3 amide bonds. The average molecular weight is 401 g/mol. The average Bonchev–Trinajstić information content (AvgIpc) is 3.16. The van der Waals surface area contributed by atoms with E-state index in [1.54, 1.807) is 36.8 Å². The predicted molar refractivity (Wildman–Crippen MR) is 108 cm³/mol. The number of hydrogen-bond donors (Lipinski definition) is 1. The van der Waals surface area contributed by atoms with Crippen molar-refractivity contribution in [2.24, 2.45) is 5.73 Å². The fourth-order valence-electron chi connectivity index (χ4n) is 2.81. The number of urea groups is 1. The van der Waals surface area contributed by atoms with Gasteiger partial charge in [-0.15, -0.1) is 11.3 Å². The monoisotopic (exact) mass is 401 g/mol. The number of anilines is 1. The number of nitrogens with two attached hydrogens (primary N) is 1. The standard InChI is InChI=1S/C20H20FN3O3S/c1-23(18(25)10-22)20(26)24(11-13-6-8-14(27-2)9-7-13)17-12-28-19-15(17)4-3-5-16(19)21/h3-9,12H,10-11,22H2,1-2H3. The summed E-state index contributed by atoms with van der Waals surface area (Å²) in [5.41, 5.74) is 6.77. The number of methoxy groups -OCH3 is 1. The van der Waals surface area contributed by atoms with Crippen LogP contribution >= 0.6 is 11.3 Å². The quantitative estimate of drug-likeness (QED) is 0.709. The lowest BCUT2D eigenvalue weighted by atomic mass is 10.1. The number of thiophene rings is 1. The molecule has 3 rings (SSSR count). The van der Waals surface area contributed by atoms with Gasteiger partial charge in [-0.3, -0.25) is 14.6 Å². The minimum Gasteiger partial charge on any atom is -0.497 e. The van der Waals surface area contributed by atoms with Crippen molar-refractivity contribution in [3.8, 4) is 5.75 Å². The van der Waals surface area contributed by atoms with E-state index in [1.807, 2.05) is 12.1 Å². The van der Waals surface area contributed by atoms with Gasteiger partial charge in [0.15, 0.2) is 0 Å². The predicted octanol–water partition coefficient (Wildman–Crippen LogP) is 3.59. The van der Waals surface area contributed by atoms with E-state index >= 15 is 0 Å². The smallest absolute Gasteiger partial charge is 0.331 e. The Morgan fingerprint density at radius 3 is 2.54 bits per heavy atom. The molecule has 1 aromatic heterocycles. The number of rotatable bonds is 5. The zero-order valence-corrected chi connectivity index (χ0v) is 16.3. The first-order valence-corrected chi connectivity index (χ1v) is 9.41. The fourth-order valence-corrected chi connectivity index (χ4v) is 3.78. The molecule has 0 atom stereocenters. The van der Waals surface area contributed by atoms with Gasteiger partial charge in [-0.05, 0) is 23.8 Å².